The summed E-state index contributed by atoms with van der Waals surface area (Å²) in [5, 5.41) is 0. The van der Waals surface area contributed by atoms with Gasteiger partial charge in [0.15, 0.2) is 0 Å². The third-order valence-electron chi connectivity index (χ3n) is 3.04. The monoisotopic (exact) mass is 256 g/mol. The van der Waals surface area contributed by atoms with Crippen LogP contribution in [0.5, 0.6) is 5.75 Å². The van der Waals surface area contributed by atoms with E-state index in [2.05, 4.69) is 0 Å². The topological polar surface area (TPSA) is 35.5 Å². The predicted molar refractivity (Wildman–Crippen MR) is 74.5 cm³/mol. The average molecular weight is 256 g/mol. The summed E-state index contributed by atoms with van der Waals surface area (Å²) in [5.74, 6) is 0.463. The zero-order valence-corrected chi connectivity index (χ0v) is 11.3. The minimum absolute atomic E-state index is 0.329. The van der Waals surface area contributed by atoms with E-state index < -0.39 is 0 Å². The van der Waals surface area contributed by atoms with Gasteiger partial charge in [-0.15, -0.1) is 0 Å². The van der Waals surface area contributed by atoms with Crippen molar-refractivity contribution in [1.29, 1.82) is 0 Å². The largest absolute Gasteiger partial charge is 0.497 e. The van der Waals surface area contributed by atoms with Gasteiger partial charge in [0.05, 0.1) is 19.8 Å². The maximum absolute atomic E-state index is 11.6. The van der Waals surface area contributed by atoms with E-state index in [0.717, 1.165) is 22.4 Å². The minimum Gasteiger partial charge on any atom is -0.497 e. The lowest BCUT2D eigenvalue weighted by Crippen LogP contribution is -2.01. The van der Waals surface area contributed by atoms with Gasteiger partial charge in [0.2, 0.25) is 0 Å². The fourth-order valence-electron chi connectivity index (χ4n) is 1.97. The molecule has 2 rings (SSSR count). The lowest BCUT2D eigenvalue weighted by Gasteiger charge is -2.09. The van der Waals surface area contributed by atoms with E-state index in [4.69, 9.17) is 9.47 Å². The Morgan fingerprint density at radius 2 is 1.84 bits per heavy atom. The molecule has 0 heterocycles. The molecule has 3 nitrogen and oxygen atoms in total. The van der Waals surface area contributed by atoms with Crippen molar-refractivity contribution < 1.29 is 14.3 Å². The Hall–Kier alpha value is -2.29. The highest BCUT2D eigenvalue weighted by Gasteiger charge is 2.09. The molecule has 0 unspecified atom stereocenters. The molecule has 0 N–H and O–H groups in total. The van der Waals surface area contributed by atoms with Gasteiger partial charge in [-0.3, -0.25) is 0 Å². The normalized spacial score (nSPS) is 10.1. The van der Waals surface area contributed by atoms with Crippen LogP contribution in [0.2, 0.25) is 0 Å². The van der Waals surface area contributed by atoms with Gasteiger partial charge >= 0.3 is 5.97 Å². The first-order chi connectivity index (χ1) is 9.15. The smallest absolute Gasteiger partial charge is 0.337 e. The number of aryl methyl sites for hydroxylation is 1. The molecule has 0 radical (unpaired) electrons. The fraction of sp³-hybridized carbons (Fsp3) is 0.188. The van der Waals surface area contributed by atoms with E-state index >= 15 is 0 Å². The van der Waals surface area contributed by atoms with E-state index in [1.165, 1.54) is 7.11 Å². The molecule has 0 aliphatic rings. The second-order valence-corrected chi connectivity index (χ2v) is 4.25. The molecule has 0 aromatic heterocycles. The fourth-order valence-corrected chi connectivity index (χ4v) is 1.97. The molecule has 0 aliphatic carbocycles. The molecule has 0 spiro atoms. The minimum atomic E-state index is -0.329. The van der Waals surface area contributed by atoms with Crippen molar-refractivity contribution in [2.75, 3.05) is 14.2 Å². The molecule has 98 valence electrons. The van der Waals surface area contributed by atoms with Gasteiger partial charge in [-0.05, 0) is 47.9 Å². The number of hydrogen-bond donors (Lipinski definition) is 0. The Labute approximate surface area is 112 Å². The Morgan fingerprint density at radius 3 is 2.53 bits per heavy atom. The van der Waals surface area contributed by atoms with E-state index in [1.807, 2.05) is 43.3 Å². The van der Waals surface area contributed by atoms with E-state index in [-0.39, 0.29) is 5.97 Å². The average Bonchev–Trinajstić information content (AvgIpc) is 2.47. The van der Waals surface area contributed by atoms with Crippen molar-refractivity contribution in [3.63, 3.8) is 0 Å². The van der Waals surface area contributed by atoms with Gasteiger partial charge in [0.1, 0.15) is 5.75 Å². The van der Waals surface area contributed by atoms with Crippen LogP contribution < -0.4 is 4.74 Å². The summed E-state index contributed by atoms with van der Waals surface area (Å²) in [4.78, 5) is 11.6. The van der Waals surface area contributed by atoms with E-state index in [0.29, 0.717) is 5.56 Å². The quantitative estimate of drug-likeness (QED) is 0.789. The number of ether oxygens (including phenoxy) is 2. The molecule has 2 aromatic rings. The maximum Gasteiger partial charge on any atom is 0.337 e. The number of hydrogen-bond acceptors (Lipinski definition) is 3. The van der Waals surface area contributed by atoms with Crippen LogP contribution in [0.3, 0.4) is 0 Å². The predicted octanol–water partition coefficient (Wildman–Crippen LogP) is 3.46. The van der Waals surface area contributed by atoms with Gasteiger partial charge in [-0.1, -0.05) is 18.2 Å². The lowest BCUT2D eigenvalue weighted by atomic mass is 9.98. The molecule has 3 heteroatoms. The van der Waals surface area contributed by atoms with Crippen molar-refractivity contribution >= 4 is 5.97 Å². The zero-order chi connectivity index (χ0) is 13.8. The Kier molecular flexibility index (Phi) is 3.85. The van der Waals surface area contributed by atoms with Crippen LogP contribution in [-0.2, 0) is 4.74 Å². The summed E-state index contributed by atoms with van der Waals surface area (Å²) in [5.41, 5.74) is 3.66. The first-order valence-electron chi connectivity index (χ1n) is 5.99. The molecular formula is C16H16O3. The molecule has 0 saturated carbocycles. The summed E-state index contributed by atoms with van der Waals surface area (Å²) in [7, 11) is 3.02. The molecule has 0 atom stereocenters. The van der Waals surface area contributed by atoms with Gasteiger partial charge in [-0.25, -0.2) is 4.79 Å². The third kappa shape index (κ3) is 2.76. The van der Waals surface area contributed by atoms with E-state index in [9.17, 15) is 4.79 Å². The summed E-state index contributed by atoms with van der Waals surface area (Å²) in [6.07, 6.45) is 0. The molecule has 19 heavy (non-hydrogen) atoms. The second-order valence-electron chi connectivity index (χ2n) is 4.25. The summed E-state index contributed by atoms with van der Waals surface area (Å²) in [6, 6.07) is 13.3. The van der Waals surface area contributed by atoms with Crippen LogP contribution in [0.25, 0.3) is 11.1 Å². The number of esters is 1. The number of carbonyl (C=O) groups excluding carboxylic acids is 1. The first kappa shape index (κ1) is 13.1. The van der Waals surface area contributed by atoms with Crippen molar-refractivity contribution in [1.82, 2.24) is 0 Å². The lowest BCUT2D eigenvalue weighted by molar-refractivity contribution is 0.0601. The Bertz CT molecular complexity index is 603. The number of benzene rings is 2. The van der Waals surface area contributed by atoms with Crippen LogP contribution in [0.4, 0.5) is 0 Å². The van der Waals surface area contributed by atoms with Crippen molar-refractivity contribution in [3.8, 4) is 16.9 Å². The summed E-state index contributed by atoms with van der Waals surface area (Å²) in [6.45, 7) is 2.01. The number of carbonyl (C=O) groups is 1. The van der Waals surface area contributed by atoms with Crippen molar-refractivity contribution in [2.24, 2.45) is 0 Å². The Morgan fingerprint density at radius 1 is 1.05 bits per heavy atom. The van der Waals surface area contributed by atoms with Gasteiger partial charge in [-0.2, -0.15) is 0 Å². The molecule has 0 aliphatic heterocycles. The highest BCUT2D eigenvalue weighted by Crippen LogP contribution is 2.27. The molecule has 0 bridgehead atoms. The van der Waals surface area contributed by atoms with Crippen LogP contribution in [0, 0.1) is 6.92 Å². The molecule has 0 amide bonds. The Balaban J connectivity index is 2.51. The highest BCUT2D eigenvalue weighted by atomic mass is 16.5. The van der Waals surface area contributed by atoms with Crippen LogP contribution in [-0.4, -0.2) is 20.2 Å². The maximum atomic E-state index is 11.6. The second kappa shape index (κ2) is 5.57. The molecular weight excluding hydrogens is 240 g/mol. The van der Waals surface area contributed by atoms with Crippen LogP contribution in [0.15, 0.2) is 42.5 Å². The molecule has 0 saturated heterocycles. The van der Waals surface area contributed by atoms with Gasteiger partial charge in [0.25, 0.3) is 0 Å². The van der Waals surface area contributed by atoms with Crippen LogP contribution >= 0.6 is 0 Å². The summed E-state index contributed by atoms with van der Waals surface area (Å²) < 4.78 is 9.97. The van der Waals surface area contributed by atoms with Crippen LogP contribution in [0.1, 0.15) is 15.9 Å². The zero-order valence-electron chi connectivity index (χ0n) is 11.3. The first-order valence-corrected chi connectivity index (χ1v) is 5.99. The SMILES string of the molecule is COC(=O)c1ccc(C)c(-c2cccc(OC)c2)c1. The third-order valence-corrected chi connectivity index (χ3v) is 3.04. The van der Waals surface area contributed by atoms with Crippen molar-refractivity contribution in [2.45, 2.75) is 6.92 Å². The summed E-state index contributed by atoms with van der Waals surface area (Å²) >= 11 is 0. The molecule has 0 fully saturated rings. The van der Waals surface area contributed by atoms with Gasteiger partial charge in [0, 0.05) is 0 Å². The number of methoxy groups -OCH3 is 2. The number of rotatable bonds is 3. The standard InChI is InChI=1S/C16H16O3/c1-11-7-8-13(16(17)19-3)10-15(11)12-5-4-6-14(9-12)18-2/h4-10H,1-3H3. The van der Waals surface area contributed by atoms with E-state index in [1.54, 1.807) is 13.2 Å². The van der Waals surface area contributed by atoms with Crippen molar-refractivity contribution in [3.05, 3.63) is 53.6 Å². The van der Waals surface area contributed by atoms with Gasteiger partial charge < -0.3 is 9.47 Å². The molecule has 2 aromatic carbocycles. The highest BCUT2D eigenvalue weighted by molar-refractivity contribution is 5.91.